The van der Waals surface area contributed by atoms with Crippen molar-refractivity contribution in [2.45, 2.75) is 0 Å². The van der Waals surface area contributed by atoms with E-state index in [1.807, 2.05) is 0 Å². The molecular weight excluding hydrogens is 144 g/mol. The summed E-state index contributed by atoms with van der Waals surface area (Å²) in [6, 6.07) is 0. The van der Waals surface area contributed by atoms with E-state index in [2.05, 4.69) is 23.9 Å². The minimum Gasteiger partial charge on any atom is -0.370 e. The van der Waals surface area contributed by atoms with Crippen molar-refractivity contribution in [3.8, 4) is 0 Å². The molecule has 0 aromatic carbocycles. The molecule has 0 fully saturated rings. The summed E-state index contributed by atoms with van der Waals surface area (Å²) in [6.07, 6.45) is 0.620. The summed E-state index contributed by atoms with van der Waals surface area (Å²) >= 11 is 0. The van der Waals surface area contributed by atoms with Crippen molar-refractivity contribution in [3.05, 3.63) is 26.0 Å². The van der Waals surface area contributed by atoms with Gasteiger partial charge in [0.15, 0.2) is 0 Å². The lowest BCUT2D eigenvalue weighted by molar-refractivity contribution is 0.357. The number of hydrogen-bond acceptors (Lipinski definition) is 3. The summed E-state index contributed by atoms with van der Waals surface area (Å²) in [5, 5.41) is 0. The molecule has 0 aliphatic carbocycles. The van der Waals surface area contributed by atoms with E-state index in [0.717, 1.165) is 0 Å². The monoisotopic (exact) mass is 152 g/mol. The summed E-state index contributed by atoms with van der Waals surface area (Å²) in [4.78, 5) is 0. The van der Waals surface area contributed by atoms with Gasteiger partial charge in [0.1, 0.15) is 6.26 Å². The average Bonchev–Trinajstić information content (AvgIpc) is 1.69. The van der Waals surface area contributed by atoms with Crippen molar-refractivity contribution < 1.29 is 17.2 Å². The van der Waals surface area contributed by atoms with Crippen LogP contribution in [0.15, 0.2) is 26.0 Å². The Balaban J connectivity index is 0. The molecule has 1 N–H and O–H groups in total. The molecule has 5 heteroatoms. The van der Waals surface area contributed by atoms with Crippen LogP contribution in [0.3, 0.4) is 0 Å². The molecule has 0 unspecified atom stereocenters. The molecule has 0 aliphatic heterocycles. The Morgan fingerprint density at radius 3 is 1.78 bits per heavy atom. The van der Waals surface area contributed by atoms with Gasteiger partial charge in [-0.15, -0.1) is 13.2 Å². The molecule has 0 bridgehead atoms. The second-order valence-corrected chi connectivity index (χ2v) is 1.74. The van der Waals surface area contributed by atoms with E-state index >= 15 is 0 Å². The van der Waals surface area contributed by atoms with Gasteiger partial charge < -0.3 is 4.18 Å². The molecule has 0 atom stereocenters. The van der Waals surface area contributed by atoms with E-state index in [9.17, 15) is 8.42 Å². The van der Waals surface area contributed by atoms with E-state index < -0.39 is 10.4 Å². The Morgan fingerprint density at radius 1 is 1.44 bits per heavy atom. The zero-order valence-corrected chi connectivity index (χ0v) is 5.60. The van der Waals surface area contributed by atoms with Crippen LogP contribution in [-0.2, 0) is 14.6 Å². The van der Waals surface area contributed by atoms with Crippen molar-refractivity contribution in [2.75, 3.05) is 0 Å². The quantitative estimate of drug-likeness (QED) is 0.360. The molecule has 54 valence electrons. The first kappa shape index (κ1) is 11.0. The smallest absolute Gasteiger partial charge is 0.370 e. The van der Waals surface area contributed by atoms with Gasteiger partial charge >= 0.3 is 10.4 Å². The highest BCUT2D eigenvalue weighted by Gasteiger charge is 1.96. The highest BCUT2D eigenvalue weighted by molar-refractivity contribution is 7.81. The zero-order chi connectivity index (χ0) is 7.91. The Labute approximate surface area is 54.4 Å². The molecule has 4 nitrogen and oxygen atoms in total. The van der Waals surface area contributed by atoms with Crippen molar-refractivity contribution in [3.63, 3.8) is 0 Å². The van der Waals surface area contributed by atoms with Crippen LogP contribution in [0.2, 0.25) is 0 Å². The largest absolute Gasteiger partial charge is 0.445 e. The van der Waals surface area contributed by atoms with Crippen LogP contribution in [0.4, 0.5) is 0 Å². The summed E-state index contributed by atoms with van der Waals surface area (Å²) in [7, 11) is -4.29. The zero-order valence-electron chi connectivity index (χ0n) is 4.78. The minimum absolute atomic E-state index is 0.620. The first-order chi connectivity index (χ1) is 4.06. The maximum absolute atomic E-state index is 9.49. The lowest BCUT2D eigenvalue weighted by Crippen LogP contribution is -1.96. The second-order valence-electron chi connectivity index (χ2n) is 0.691. The fraction of sp³-hybridized carbons (Fsp3) is 0. The van der Waals surface area contributed by atoms with Crippen LogP contribution < -0.4 is 0 Å². The van der Waals surface area contributed by atoms with E-state index in [1.54, 1.807) is 0 Å². The van der Waals surface area contributed by atoms with Crippen LogP contribution in [0.25, 0.3) is 0 Å². The first-order valence-electron chi connectivity index (χ1n) is 1.83. The molecule has 0 saturated carbocycles. The molecule has 0 rings (SSSR count). The lowest BCUT2D eigenvalue weighted by Gasteiger charge is -1.86. The predicted octanol–water partition coefficient (Wildman–Crippen LogP) is 0.752. The maximum Gasteiger partial charge on any atom is 0.445 e. The van der Waals surface area contributed by atoms with Gasteiger partial charge in [-0.2, -0.15) is 8.42 Å². The summed E-state index contributed by atoms with van der Waals surface area (Å²) < 4.78 is 30.2. The molecule has 0 aromatic heterocycles. The van der Waals surface area contributed by atoms with Crippen molar-refractivity contribution in [1.82, 2.24) is 0 Å². The predicted molar refractivity (Wildman–Crippen MR) is 34.1 cm³/mol. The SMILES string of the molecule is C=C.C=COS(=O)(=O)O. The number of rotatable bonds is 2. The summed E-state index contributed by atoms with van der Waals surface area (Å²) in [5.41, 5.74) is 0. The van der Waals surface area contributed by atoms with Crippen LogP contribution >= 0.6 is 0 Å². The minimum atomic E-state index is -4.29. The average molecular weight is 152 g/mol. The second kappa shape index (κ2) is 5.33. The van der Waals surface area contributed by atoms with Gasteiger partial charge in [-0.05, 0) is 0 Å². The van der Waals surface area contributed by atoms with Gasteiger partial charge in [-0.3, -0.25) is 4.55 Å². The third-order valence-electron chi connectivity index (χ3n) is 0.190. The fourth-order valence-electron chi connectivity index (χ4n) is 0.0860. The molecule has 0 amide bonds. The van der Waals surface area contributed by atoms with Gasteiger partial charge in [-0.1, -0.05) is 6.58 Å². The molecule has 0 heterocycles. The molecule has 0 aromatic rings. The fourth-order valence-corrected chi connectivity index (χ4v) is 0.258. The summed E-state index contributed by atoms with van der Waals surface area (Å²) in [5.74, 6) is 0. The summed E-state index contributed by atoms with van der Waals surface area (Å²) in [6.45, 7) is 8.88. The van der Waals surface area contributed by atoms with Gasteiger partial charge in [-0.25, -0.2) is 0 Å². The topological polar surface area (TPSA) is 63.6 Å². The van der Waals surface area contributed by atoms with E-state index in [0.29, 0.717) is 6.26 Å². The Morgan fingerprint density at radius 2 is 1.78 bits per heavy atom. The third-order valence-corrected chi connectivity index (χ3v) is 0.569. The molecule has 0 saturated heterocycles. The first-order valence-corrected chi connectivity index (χ1v) is 3.19. The van der Waals surface area contributed by atoms with Gasteiger partial charge in [0.05, 0.1) is 0 Å². The number of hydrogen-bond donors (Lipinski definition) is 1. The van der Waals surface area contributed by atoms with Crippen molar-refractivity contribution in [2.24, 2.45) is 0 Å². The molecule has 0 radical (unpaired) electrons. The normalized spacial score (nSPS) is 8.56. The van der Waals surface area contributed by atoms with Crippen LogP contribution in [0.5, 0.6) is 0 Å². The molecule has 0 spiro atoms. The van der Waals surface area contributed by atoms with E-state index in [-0.39, 0.29) is 0 Å². The maximum atomic E-state index is 9.49. The lowest BCUT2D eigenvalue weighted by atomic mass is 11.2. The van der Waals surface area contributed by atoms with Crippen molar-refractivity contribution >= 4 is 10.4 Å². The van der Waals surface area contributed by atoms with Crippen LogP contribution in [0.1, 0.15) is 0 Å². The molecule has 9 heavy (non-hydrogen) atoms. The van der Waals surface area contributed by atoms with Crippen LogP contribution in [0, 0.1) is 0 Å². The third kappa shape index (κ3) is 19.0. The Kier molecular flexibility index (Phi) is 6.54. The van der Waals surface area contributed by atoms with Gasteiger partial charge in [0, 0.05) is 0 Å². The Bertz CT molecular complexity index is 157. The van der Waals surface area contributed by atoms with Gasteiger partial charge in [0.2, 0.25) is 0 Å². The van der Waals surface area contributed by atoms with E-state index in [1.165, 1.54) is 0 Å². The van der Waals surface area contributed by atoms with Gasteiger partial charge in [0.25, 0.3) is 0 Å². The highest BCUT2D eigenvalue weighted by Crippen LogP contribution is 1.82. The Hall–Kier alpha value is -0.810. The van der Waals surface area contributed by atoms with Crippen LogP contribution in [-0.4, -0.2) is 13.0 Å². The van der Waals surface area contributed by atoms with E-state index in [4.69, 9.17) is 4.55 Å². The van der Waals surface area contributed by atoms with Crippen molar-refractivity contribution in [1.29, 1.82) is 0 Å². The standard InChI is InChI=1S/C2H4O4S.C2H4/c1-2-6-7(3,4)5;1-2/h2H,1H2,(H,3,4,5);1-2H2. The molecule has 0 aliphatic rings. The highest BCUT2D eigenvalue weighted by atomic mass is 32.3. The molecular formula is C4H8O4S.